The van der Waals surface area contributed by atoms with E-state index in [9.17, 15) is 27.2 Å². The van der Waals surface area contributed by atoms with Crippen LogP contribution in [0.4, 0.5) is 17.6 Å². The smallest absolute Gasteiger partial charge is 0.416 e. The largest absolute Gasteiger partial charge is 0.477 e. The van der Waals surface area contributed by atoms with Gasteiger partial charge in [0.1, 0.15) is 5.75 Å². The van der Waals surface area contributed by atoms with Crippen LogP contribution in [0.5, 0.6) is 5.75 Å². The minimum Gasteiger partial charge on any atom is -0.477 e. The molecule has 0 spiro atoms. The average molecular weight is 294 g/mol. The number of rotatable bonds is 4. The minimum absolute atomic E-state index is 0.367. The summed E-state index contributed by atoms with van der Waals surface area (Å²) in [5.74, 6) is -17.1. The zero-order chi connectivity index (χ0) is 15.7. The van der Waals surface area contributed by atoms with E-state index in [4.69, 9.17) is 5.11 Å². The first kappa shape index (κ1) is 15.9. The summed E-state index contributed by atoms with van der Waals surface area (Å²) in [6, 6.07) is 4.00. The molecule has 0 atom stereocenters. The van der Waals surface area contributed by atoms with E-state index >= 15 is 0 Å². The zero-order valence-electron chi connectivity index (χ0n) is 10.4. The molecule has 0 bridgehead atoms. The molecule has 0 aliphatic carbocycles. The van der Waals surface area contributed by atoms with Crippen LogP contribution in [0.1, 0.15) is 11.1 Å². The lowest BCUT2D eigenvalue weighted by Gasteiger charge is -2.21. The number of esters is 1. The number of carbonyl (C=O) groups excluding carboxylic acids is 1. The van der Waals surface area contributed by atoms with E-state index < -0.39 is 23.8 Å². The molecule has 1 aromatic carbocycles. The summed E-state index contributed by atoms with van der Waals surface area (Å²) in [5.41, 5.74) is 1.11. The lowest BCUT2D eigenvalue weighted by atomic mass is 10.1. The fraction of sp³-hybridized carbons (Fsp3) is 0.333. The number of carboxylic acids is 1. The third-order valence-electron chi connectivity index (χ3n) is 2.33. The van der Waals surface area contributed by atoms with Gasteiger partial charge in [0.15, 0.2) is 0 Å². The molecular formula is C12H10F4O4. The first-order valence-electron chi connectivity index (χ1n) is 5.28. The van der Waals surface area contributed by atoms with Gasteiger partial charge in [0.05, 0.1) is 0 Å². The first-order valence-corrected chi connectivity index (χ1v) is 5.28. The molecule has 0 unspecified atom stereocenters. The fourth-order valence-electron chi connectivity index (χ4n) is 1.43. The maximum atomic E-state index is 13.1. The SMILES string of the molecule is Cc1cc(C)cc(OC(=O)C(F)(F)C(F)(F)C(=O)O)c1. The van der Waals surface area contributed by atoms with Crippen LogP contribution in [0.25, 0.3) is 0 Å². The Morgan fingerprint density at radius 1 is 1.00 bits per heavy atom. The number of ether oxygens (including phenoxy) is 1. The monoisotopic (exact) mass is 294 g/mol. The van der Waals surface area contributed by atoms with Gasteiger partial charge in [0.2, 0.25) is 0 Å². The summed E-state index contributed by atoms with van der Waals surface area (Å²) in [7, 11) is 0. The Balaban J connectivity index is 3.03. The highest BCUT2D eigenvalue weighted by Crippen LogP contribution is 2.36. The van der Waals surface area contributed by atoms with Gasteiger partial charge in [-0.2, -0.15) is 17.6 Å². The van der Waals surface area contributed by atoms with Gasteiger partial charge in [0, 0.05) is 0 Å². The predicted molar refractivity (Wildman–Crippen MR) is 59.1 cm³/mol. The van der Waals surface area contributed by atoms with E-state index in [-0.39, 0.29) is 5.75 Å². The Morgan fingerprint density at radius 2 is 1.45 bits per heavy atom. The fourth-order valence-corrected chi connectivity index (χ4v) is 1.43. The Hall–Kier alpha value is -2.12. The second-order valence-electron chi connectivity index (χ2n) is 4.17. The Bertz CT molecular complexity index is 534. The number of alkyl halides is 4. The first-order chi connectivity index (χ1) is 8.98. The van der Waals surface area contributed by atoms with Gasteiger partial charge in [-0.05, 0) is 37.1 Å². The quantitative estimate of drug-likeness (QED) is 0.526. The topological polar surface area (TPSA) is 63.6 Å². The molecule has 0 saturated carbocycles. The van der Waals surface area contributed by atoms with Crippen LogP contribution in [0.2, 0.25) is 0 Å². The molecule has 4 nitrogen and oxygen atoms in total. The molecule has 0 aliphatic heterocycles. The third kappa shape index (κ3) is 2.89. The van der Waals surface area contributed by atoms with Crippen molar-refractivity contribution in [2.45, 2.75) is 25.7 Å². The summed E-state index contributed by atoms with van der Waals surface area (Å²) < 4.78 is 56.0. The molecule has 8 heteroatoms. The minimum atomic E-state index is -5.55. The van der Waals surface area contributed by atoms with Gasteiger partial charge in [-0.15, -0.1) is 0 Å². The lowest BCUT2D eigenvalue weighted by Crippen LogP contribution is -2.53. The van der Waals surface area contributed by atoms with Crippen molar-refractivity contribution >= 4 is 11.9 Å². The van der Waals surface area contributed by atoms with Crippen molar-refractivity contribution < 1.29 is 37.0 Å². The molecule has 0 saturated heterocycles. The van der Waals surface area contributed by atoms with Crippen LogP contribution in [0.15, 0.2) is 18.2 Å². The van der Waals surface area contributed by atoms with Crippen LogP contribution in [-0.4, -0.2) is 28.9 Å². The summed E-state index contributed by atoms with van der Waals surface area (Å²) >= 11 is 0. The van der Waals surface area contributed by atoms with E-state index in [0.717, 1.165) is 0 Å². The second-order valence-corrected chi connectivity index (χ2v) is 4.17. The molecular weight excluding hydrogens is 284 g/mol. The molecule has 0 fully saturated rings. The lowest BCUT2D eigenvalue weighted by molar-refractivity contribution is -0.229. The average Bonchev–Trinajstić information content (AvgIpc) is 2.26. The highest BCUT2D eigenvalue weighted by atomic mass is 19.3. The number of benzene rings is 1. The van der Waals surface area contributed by atoms with Crippen LogP contribution in [0, 0.1) is 13.8 Å². The standard InChI is InChI=1S/C12H10F4O4/c1-6-3-7(2)5-8(4-6)20-10(19)12(15,16)11(13,14)9(17)18/h3-5H,1-2H3,(H,17,18). The molecule has 0 radical (unpaired) electrons. The van der Waals surface area contributed by atoms with Gasteiger partial charge < -0.3 is 9.84 Å². The summed E-state index contributed by atoms with van der Waals surface area (Å²) in [6.45, 7) is 3.16. The summed E-state index contributed by atoms with van der Waals surface area (Å²) in [6.07, 6.45) is 0. The van der Waals surface area contributed by atoms with Crippen molar-refractivity contribution in [3.05, 3.63) is 29.3 Å². The number of aliphatic carboxylic acids is 1. The number of carboxylic acid groups (broad SMARTS) is 1. The van der Waals surface area contributed by atoms with Crippen LogP contribution < -0.4 is 4.74 Å². The third-order valence-corrected chi connectivity index (χ3v) is 2.33. The number of aryl methyl sites for hydroxylation is 2. The zero-order valence-corrected chi connectivity index (χ0v) is 10.4. The summed E-state index contributed by atoms with van der Waals surface area (Å²) in [4.78, 5) is 21.2. The van der Waals surface area contributed by atoms with E-state index in [1.807, 2.05) is 0 Å². The van der Waals surface area contributed by atoms with Gasteiger partial charge >= 0.3 is 23.8 Å². The van der Waals surface area contributed by atoms with E-state index in [1.54, 1.807) is 19.9 Å². The highest BCUT2D eigenvalue weighted by Gasteiger charge is 2.68. The molecule has 20 heavy (non-hydrogen) atoms. The van der Waals surface area contributed by atoms with Crippen LogP contribution >= 0.6 is 0 Å². The number of halogens is 4. The van der Waals surface area contributed by atoms with Crippen molar-refractivity contribution in [3.63, 3.8) is 0 Å². The van der Waals surface area contributed by atoms with Gasteiger partial charge in [-0.25, -0.2) is 9.59 Å². The van der Waals surface area contributed by atoms with Crippen molar-refractivity contribution in [3.8, 4) is 5.75 Å². The molecule has 1 N–H and O–H groups in total. The number of hydrogen-bond donors (Lipinski definition) is 1. The molecule has 1 rings (SSSR count). The maximum Gasteiger partial charge on any atom is 0.416 e. The van der Waals surface area contributed by atoms with Crippen molar-refractivity contribution in [2.75, 3.05) is 0 Å². The molecule has 0 aromatic heterocycles. The van der Waals surface area contributed by atoms with E-state index in [2.05, 4.69) is 4.74 Å². The molecule has 0 heterocycles. The molecule has 1 aromatic rings. The molecule has 110 valence electrons. The second kappa shape index (κ2) is 5.10. The van der Waals surface area contributed by atoms with Crippen molar-refractivity contribution in [1.29, 1.82) is 0 Å². The Kier molecular flexibility index (Phi) is 4.07. The normalized spacial score (nSPS) is 12.1. The van der Waals surface area contributed by atoms with Crippen LogP contribution in [0.3, 0.4) is 0 Å². The van der Waals surface area contributed by atoms with E-state index in [1.165, 1.54) is 12.1 Å². The summed E-state index contributed by atoms with van der Waals surface area (Å²) in [5, 5.41) is 8.04. The Labute approximate surface area is 111 Å². The predicted octanol–water partition coefficient (Wildman–Crippen LogP) is 2.56. The van der Waals surface area contributed by atoms with Gasteiger partial charge in [0.25, 0.3) is 0 Å². The maximum absolute atomic E-state index is 13.1. The Morgan fingerprint density at radius 3 is 1.85 bits per heavy atom. The van der Waals surface area contributed by atoms with Crippen LogP contribution in [-0.2, 0) is 9.59 Å². The number of hydrogen-bond acceptors (Lipinski definition) is 3. The molecule has 0 aliphatic rings. The van der Waals surface area contributed by atoms with Gasteiger partial charge in [-0.3, -0.25) is 0 Å². The molecule has 0 amide bonds. The van der Waals surface area contributed by atoms with E-state index in [0.29, 0.717) is 11.1 Å². The van der Waals surface area contributed by atoms with Gasteiger partial charge in [-0.1, -0.05) is 6.07 Å². The highest BCUT2D eigenvalue weighted by molar-refractivity contribution is 5.90. The van der Waals surface area contributed by atoms with Crippen molar-refractivity contribution in [2.24, 2.45) is 0 Å². The van der Waals surface area contributed by atoms with Crippen molar-refractivity contribution in [1.82, 2.24) is 0 Å². The number of carbonyl (C=O) groups is 2.